The molecule has 1 saturated carbocycles. The molecule has 1 aliphatic carbocycles. The van der Waals surface area contributed by atoms with Crippen molar-refractivity contribution in [1.29, 1.82) is 0 Å². The smallest absolute Gasteiger partial charge is 0.315 e. The number of rotatable bonds is 5. The van der Waals surface area contributed by atoms with Crippen LogP contribution >= 0.6 is 0 Å². The second-order valence-corrected chi connectivity index (χ2v) is 6.34. The molecule has 110 valence electrons. The molecule has 3 N–H and O–H groups in total. The maximum atomic E-state index is 11.8. The third-order valence-corrected chi connectivity index (χ3v) is 3.95. The zero-order chi connectivity index (χ0) is 14.5. The Bertz CT molecular complexity index is 329. The van der Waals surface area contributed by atoms with Crippen LogP contribution in [-0.2, 0) is 4.79 Å². The summed E-state index contributed by atoms with van der Waals surface area (Å²) in [6.07, 6.45) is 4.61. The van der Waals surface area contributed by atoms with E-state index in [9.17, 15) is 9.59 Å². The van der Waals surface area contributed by atoms with Crippen molar-refractivity contribution in [1.82, 2.24) is 10.6 Å². The van der Waals surface area contributed by atoms with Gasteiger partial charge < -0.3 is 15.7 Å². The monoisotopic (exact) mass is 270 g/mol. The summed E-state index contributed by atoms with van der Waals surface area (Å²) in [4.78, 5) is 22.3. The number of carboxylic acid groups (broad SMARTS) is 1. The van der Waals surface area contributed by atoms with E-state index in [1.165, 1.54) is 6.42 Å². The Labute approximate surface area is 115 Å². The van der Waals surface area contributed by atoms with E-state index in [2.05, 4.69) is 24.5 Å². The van der Waals surface area contributed by atoms with Crippen molar-refractivity contribution in [3.05, 3.63) is 0 Å². The van der Waals surface area contributed by atoms with Crippen molar-refractivity contribution in [2.75, 3.05) is 6.54 Å². The molecule has 0 saturated heterocycles. The van der Waals surface area contributed by atoms with Gasteiger partial charge in [-0.25, -0.2) is 4.79 Å². The van der Waals surface area contributed by atoms with Crippen LogP contribution in [0, 0.1) is 11.3 Å². The zero-order valence-corrected chi connectivity index (χ0v) is 12.2. The summed E-state index contributed by atoms with van der Waals surface area (Å²) >= 11 is 0. The summed E-state index contributed by atoms with van der Waals surface area (Å²) < 4.78 is 0. The summed E-state index contributed by atoms with van der Waals surface area (Å²) in [6.45, 7) is 6.58. The average Bonchev–Trinajstić information content (AvgIpc) is 2.28. The number of hydrogen-bond donors (Lipinski definition) is 3. The molecule has 0 aliphatic heterocycles. The number of aliphatic carboxylic acids is 1. The highest BCUT2D eigenvalue weighted by Gasteiger charge is 2.33. The van der Waals surface area contributed by atoms with Crippen LogP contribution in [0.5, 0.6) is 0 Å². The second-order valence-electron chi connectivity index (χ2n) is 6.34. The van der Waals surface area contributed by atoms with Gasteiger partial charge in [-0.05, 0) is 24.2 Å². The van der Waals surface area contributed by atoms with Gasteiger partial charge in [0.15, 0.2) is 0 Å². The van der Waals surface area contributed by atoms with Gasteiger partial charge >= 0.3 is 12.0 Å². The molecule has 0 aromatic carbocycles. The fraction of sp³-hybridized carbons (Fsp3) is 0.857. The number of carboxylic acids is 1. The highest BCUT2D eigenvalue weighted by molar-refractivity contribution is 5.74. The number of carbonyl (C=O) groups excluding carboxylic acids is 1. The SMILES string of the molecule is CC(CNC(=O)NC1CCCCC1(C)C)CC(=O)O. The highest BCUT2D eigenvalue weighted by Crippen LogP contribution is 2.35. The van der Waals surface area contributed by atoms with Crippen molar-refractivity contribution in [3.63, 3.8) is 0 Å². The summed E-state index contributed by atoms with van der Waals surface area (Å²) in [5.41, 5.74) is 0.141. The van der Waals surface area contributed by atoms with Gasteiger partial charge in [-0.2, -0.15) is 0 Å². The molecule has 0 radical (unpaired) electrons. The van der Waals surface area contributed by atoms with Gasteiger partial charge in [0.2, 0.25) is 0 Å². The van der Waals surface area contributed by atoms with Crippen LogP contribution in [0.1, 0.15) is 52.9 Å². The molecule has 5 heteroatoms. The first-order valence-corrected chi connectivity index (χ1v) is 7.07. The van der Waals surface area contributed by atoms with Crippen molar-refractivity contribution in [2.24, 2.45) is 11.3 Å². The number of hydrogen-bond acceptors (Lipinski definition) is 2. The number of carbonyl (C=O) groups is 2. The number of urea groups is 1. The Morgan fingerprint density at radius 3 is 2.63 bits per heavy atom. The first-order valence-electron chi connectivity index (χ1n) is 7.07. The van der Waals surface area contributed by atoms with Crippen LogP contribution in [0.3, 0.4) is 0 Å². The molecule has 0 bridgehead atoms. The van der Waals surface area contributed by atoms with Crippen LogP contribution in [0.25, 0.3) is 0 Å². The molecule has 19 heavy (non-hydrogen) atoms. The van der Waals surface area contributed by atoms with E-state index in [0.717, 1.165) is 19.3 Å². The fourth-order valence-corrected chi connectivity index (χ4v) is 2.61. The minimum atomic E-state index is -0.830. The van der Waals surface area contributed by atoms with Crippen molar-refractivity contribution in [2.45, 2.75) is 58.9 Å². The lowest BCUT2D eigenvalue weighted by Crippen LogP contribution is -2.50. The van der Waals surface area contributed by atoms with E-state index >= 15 is 0 Å². The van der Waals surface area contributed by atoms with E-state index in [-0.39, 0.29) is 29.8 Å². The average molecular weight is 270 g/mol. The molecule has 0 aromatic heterocycles. The molecule has 0 heterocycles. The third kappa shape index (κ3) is 5.49. The lowest BCUT2D eigenvalue weighted by molar-refractivity contribution is -0.137. The minimum absolute atomic E-state index is 0.0531. The van der Waals surface area contributed by atoms with Crippen molar-refractivity contribution in [3.8, 4) is 0 Å². The standard InChI is InChI=1S/C14H26N2O3/c1-10(8-12(17)18)9-15-13(19)16-11-6-4-5-7-14(11,2)3/h10-11H,4-9H2,1-3H3,(H,17,18)(H2,15,16,19). The zero-order valence-electron chi connectivity index (χ0n) is 12.2. The van der Waals surface area contributed by atoms with Crippen LogP contribution in [-0.4, -0.2) is 29.7 Å². The molecule has 0 aromatic rings. The molecule has 2 unspecified atom stereocenters. The highest BCUT2D eigenvalue weighted by atomic mass is 16.4. The van der Waals surface area contributed by atoms with Crippen molar-refractivity contribution < 1.29 is 14.7 Å². The summed E-state index contributed by atoms with van der Waals surface area (Å²) in [5, 5.41) is 14.4. The molecule has 1 fully saturated rings. The van der Waals surface area contributed by atoms with Crippen molar-refractivity contribution >= 4 is 12.0 Å². The topological polar surface area (TPSA) is 78.4 Å². The Morgan fingerprint density at radius 2 is 2.05 bits per heavy atom. The van der Waals surface area contributed by atoms with Gasteiger partial charge in [0.1, 0.15) is 0 Å². The minimum Gasteiger partial charge on any atom is -0.481 e. The second kappa shape index (κ2) is 6.78. The lowest BCUT2D eigenvalue weighted by Gasteiger charge is -2.39. The molecular formula is C14H26N2O3. The van der Waals surface area contributed by atoms with E-state index in [0.29, 0.717) is 6.54 Å². The van der Waals surface area contributed by atoms with Crippen LogP contribution in [0.4, 0.5) is 4.79 Å². The predicted molar refractivity (Wildman–Crippen MR) is 74.0 cm³/mol. The summed E-state index contributed by atoms with van der Waals surface area (Å²) in [5.74, 6) is -0.884. The quantitative estimate of drug-likeness (QED) is 0.717. The van der Waals surface area contributed by atoms with E-state index in [4.69, 9.17) is 5.11 Å². The molecular weight excluding hydrogens is 244 g/mol. The Hall–Kier alpha value is -1.26. The van der Waals surface area contributed by atoms with Gasteiger partial charge in [-0.1, -0.05) is 33.6 Å². The lowest BCUT2D eigenvalue weighted by atomic mass is 9.73. The first kappa shape index (κ1) is 15.8. The summed E-state index contributed by atoms with van der Waals surface area (Å²) in [7, 11) is 0. The summed E-state index contributed by atoms with van der Waals surface area (Å²) in [6, 6.07) is 0.0215. The van der Waals surface area contributed by atoms with Gasteiger partial charge in [0, 0.05) is 19.0 Å². The van der Waals surface area contributed by atoms with Gasteiger partial charge in [-0.3, -0.25) is 4.79 Å². The Morgan fingerprint density at radius 1 is 1.37 bits per heavy atom. The number of nitrogens with one attached hydrogen (secondary N) is 2. The Kier molecular flexibility index (Phi) is 5.63. The van der Waals surface area contributed by atoms with E-state index in [1.54, 1.807) is 0 Å². The molecule has 5 nitrogen and oxygen atoms in total. The van der Waals surface area contributed by atoms with E-state index < -0.39 is 5.97 Å². The molecule has 0 spiro atoms. The van der Waals surface area contributed by atoms with Crippen LogP contribution in [0.2, 0.25) is 0 Å². The van der Waals surface area contributed by atoms with Crippen LogP contribution in [0.15, 0.2) is 0 Å². The molecule has 2 atom stereocenters. The molecule has 1 aliphatic rings. The van der Waals surface area contributed by atoms with Gasteiger partial charge in [0.25, 0.3) is 0 Å². The third-order valence-electron chi connectivity index (χ3n) is 3.95. The normalized spacial score (nSPS) is 23.4. The largest absolute Gasteiger partial charge is 0.481 e. The van der Waals surface area contributed by atoms with E-state index in [1.807, 2.05) is 6.92 Å². The van der Waals surface area contributed by atoms with Gasteiger partial charge in [-0.15, -0.1) is 0 Å². The predicted octanol–water partition coefficient (Wildman–Crippen LogP) is 2.37. The maximum absolute atomic E-state index is 11.8. The number of amides is 2. The Balaban J connectivity index is 2.32. The first-order chi connectivity index (χ1) is 8.81. The molecule has 2 amide bonds. The maximum Gasteiger partial charge on any atom is 0.315 e. The van der Waals surface area contributed by atoms with Crippen LogP contribution < -0.4 is 10.6 Å². The van der Waals surface area contributed by atoms with Gasteiger partial charge in [0.05, 0.1) is 0 Å². The molecule has 1 rings (SSSR count). The fourth-order valence-electron chi connectivity index (χ4n) is 2.61.